The summed E-state index contributed by atoms with van der Waals surface area (Å²) in [5.41, 5.74) is 2.31. The molecule has 1 N–H and O–H groups in total. The summed E-state index contributed by atoms with van der Waals surface area (Å²) >= 11 is 1.62. The Balaban J connectivity index is 1.23. The maximum absolute atomic E-state index is 12.7. The largest absolute Gasteiger partial charge is 0.349 e. The van der Waals surface area contributed by atoms with Gasteiger partial charge in [-0.2, -0.15) is 0 Å². The van der Waals surface area contributed by atoms with Gasteiger partial charge in [0.1, 0.15) is 5.01 Å². The van der Waals surface area contributed by atoms with Gasteiger partial charge >= 0.3 is 0 Å². The smallest absolute Gasteiger partial charge is 0.224 e. The Bertz CT molecular complexity index is 788. The summed E-state index contributed by atoms with van der Waals surface area (Å²) in [6.45, 7) is 7.80. The molecule has 1 amide bonds. The zero-order valence-corrected chi connectivity index (χ0v) is 18.0. The number of thiazole rings is 1. The van der Waals surface area contributed by atoms with Crippen LogP contribution in [0.1, 0.15) is 41.9 Å². The van der Waals surface area contributed by atoms with Gasteiger partial charge in [-0.25, -0.2) is 4.98 Å². The van der Waals surface area contributed by atoms with Gasteiger partial charge in [0.2, 0.25) is 5.91 Å². The molecule has 4 heterocycles. The highest BCUT2D eigenvalue weighted by Gasteiger charge is 2.31. The molecule has 7 heteroatoms. The van der Waals surface area contributed by atoms with E-state index in [1.54, 1.807) is 11.3 Å². The number of amides is 1. The third-order valence-corrected chi connectivity index (χ3v) is 7.07. The zero-order chi connectivity index (χ0) is 20.1. The van der Waals surface area contributed by atoms with E-state index in [1.165, 1.54) is 18.4 Å². The highest BCUT2D eigenvalue weighted by Crippen LogP contribution is 2.25. The van der Waals surface area contributed by atoms with Crippen molar-refractivity contribution in [3.8, 4) is 0 Å². The van der Waals surface area contributed by atoms with E-state index in [0.717, 1.165) is 56.3 Å². The molecule has 0 aliphatic carbocycles. The molecule has 0 spiro atoms. The van der Waals surface area contributed by atoms with Crippen LogP contribution in [0.3, 0.4) is 0 Å². The van der Waals surface area contributed by atoms with Crippen molar-refractivity contribution in [1.29, 1.82) is 0 Å². The van der Waals surface area contributed by atoms with Crippen molar-refractivity contribution >= 4 is 17.2 Å². The SMILES string of the molecule is Cc1csc(CNC(=O)[C@H]2CCCN(C3CCN(Cc4cccnc4)CC3)C2)n1. The van der Waals surface area contributed by atoms with Crippen molar-refractivity contribution in [2.24, 2.45) is 5.92 Å². The first-order valence-corrected chi connectivity index (χ1v) is 11.6. The minimum atomic E-state index is 0.109. The summed E-state index contributed by atoms with van der Waals surface area (Å²) in [5.74, 6) is 0.301. The fraction of sp³-hybridized carbons (Fsp3) is 0.591. The van der Waals surface area contributed by atoms with Gasteiger partial charge in [0.05, 0.1) is 12.5 Å². The van der Waals surface area contributed by atoms with Gasteiger partial charge in [-0.3, -0.25) is 19.6 Å². The molecule has 2 aliphatic heterocycles. The van der Waals surface area contributed by atoms with Crippen molar-refractivity contribution in [3.05, 3.63) is 46.2 Å². The molecule has 2 aromatic rings. The molecule has 2 fully saturated rings. The summed E-state index contributed by atoms with van der Waals surface area (Å²) in [6, 6.07) is 4.77. The van der Waals surface area contributed by atoms with Crippen LogP contribution in [0, 0.1) is 12.8 Å². The van der Waals surface area contributed by atoms with Crippen molar-refractivity contribution in [3.63, 3.8) is 0 Å². The third kappa shape index (κ3) is 5.62. The van der Waals surface area contributed by atoms with E-state index in [4.69, 9.17) is 0 Å². The lowest BCUT2D eigenvalue weighted by Gasteiger charge is -2.42. The molecule has 2 saturated heterocycles. The highest BCUT2D eigenvalue weighted by atomic mass is 32.1. The summed E-state index contributed by atoms with van der Waals surface area (Å²) in [4.78, 5) is 26.4. The fourth-order valence-electron chi connectivity index (χ4n) is 4.54. The molecule has 4 rings (SSSR count). The van der Waals surface area contributed by atoms with E-state index in [1.807, 2.05) is 30.8 Å². The normalized spacial score (nSPS) is 21.9. The average molecular weight is 414 g/mol. The van der Waals surface area contributed by atoms with Crippen LogP contribution in [-0.2, 0) is 17.9 Å². The Morgan fingerprint density at radius 3 is 2.86 bits per heavy atom. The standard InChI is InChI=1S/C22H31N5OS/c1-17-16-29-21(25-17)13-24-22(28)19-5-3-9-27(15-19)20-6-10-26(11-7-20)14-18-4-2-8-23-12-18/h2,4,8,12,16,19-20H,3,5-7,9-11,13-15H2,1H3,(H,24,28)/t19-/m0/s1. The van der Waals surface area contributed by atoms with Crippen LogP contribution in [0.5, 0.6) is 0 Å². The van der Waals surface area contributed by atoms with Gasteiger partial charge in [0, 0.05) is 42.6 Å². The zero-order valence-electron chi connectivity index (χ0n) is 17.2. The van der Waals surface area contributed by atoms with E-state index in [-0.39, 0.29) is 11.8 Å². The number of carbonyl (C=O) groups is 1. The van der Waals surface area contributed by atoms with Crippen molar-refractivity contribution < 1.29 is 4.79 Å². The van der Waals surface area contributed by atoms with E-state index < -0.39 is 0 Å². The van der Waals surface area contributed by atoms with E-state index >= 15 is 0 Å². The number of rotatable bonds is 6. The number of carbonyl (C=O) groups excluding carboxylic acids is 1. The third-order valence-electron chi connectivity index (χ3n) is 6.11. The quantitative estimate of drug-likeness (QED) is 0.789. The van der Waals surface area contributed by atoms with Gasteiger partial charge in [-0.1, -0.05) is 6.07 Å². The van der Waals surface area contributed by atoms with Crippen molar-refractivity contribution in [2.75, 3.05) is 26.2 Å². The first-order valence-electron chi connectivity index (χ1n) is 10.7. The molecule has 6 nitrogen and oxygen atoms in total. The van der Waals surface area contributed by atoms with Crippen LogP contribution in [0.25, 0.3) is 0 Å². The molecule has 0 saturated carbocycles. The highest BCUT2D eigenvalue weighted by molar-refractivity contribution is 7.09. The Morgan fingerprint density at radius 2 is 2.14 bits per heavy atom. The number of hydrogen-bond acceptors (Lipinski definition) is 6. The predicted molar refractivity (Wildman–Crippen MR) is 116 cm³/mol. The Labute approximate surface area is 177 Å². The predicted octanol–water partition coefficient (Wildman–Crippen LogP) is 2.84. The van der Waals surface area contributed by atoms with Crippen molar-refractivity contribution in [2.45, 2.75) is 51.7 Å². The maximum Gasteiger partial charge on any atom is 0.224 e. The van der Waals surface area contributed by atoms with Gasteiger partial charge < -0.3 is 5.32 Å². The Hall–Kier alpha value is -1.83. The number of nitrogens with one attached hydrogen (secondary N) is 1. The number of hydrogen-bond donors (Lipinski definition) is 1. The van der Waals surface area contributed by atoms with Crippen LogP contribution in [0.4, 0.5) is 0 Å². The minimum absolute atomic E-state index is 0.109. The molecule has 29 heavy (non-hydrogen) atoms. The van der Waals surface area contributed by atoms with Crippen LogP contribution < -0.4 is 5.32 Å². The Morgan fingerprint density at radius 1 is 1.28 bits per heavy atom. The summed E-state index contributed by atoms with van der Waals surface area (Å²) in [6.07, 6.45) is 8.28. The number of aryl methyl sites for hydroxylation is 1. The Kier molecular flexibility index (Phi) is 6.90. The number of pyridine rings is 1. The van der Waals surface area contributed by atoms with E-state index in [9.17, 15) is 4.79 Å². The lowest BCUT2D eigenvalue weighted by molar-refractivity contribution is -0.127. The maximum atomic E-state index is 12.7. The lowest BCUT2D eigenvalue weighted by Crippen LogP contribution is -2.50. The molecule has 0 radical (unpaired) electrons. The van der Waals surface area contributed by atoms with Crippen LogP contribution in [0.2, 0.25) is 0 Å². The number of aromatic nitrogens is 2. The number of nitrogens with zero attached hydrogens (tertiary/aromatic N) is 4. The molecule has 2 aromatic heterocycles. The molecule has 156 valence electrons. The lowest BCUT2D eigenvalue weighted by atomic mass is 9.93. The van der Waals surface area contributed by atoms with Crippen LogP contribution in [-0.4, -0.2) is 57.9 Å². The molecule has 1 atom stereocenters. The second-order valence-corrected chi connectivity index (χ2v) is 9.25. The summed E-state index contributed by atoms with van der Waals surface area (Å²) in [7, 11) is 0. The molecule has 0 bridgehead atoms. The van der Waals surface area contributed by atoms with Crippen molar-refractivity contribution in [1.82, 2.24) is 25.1 Å². The number of piperidine rings is 2. The minimum Gasteiger partial charge on any atom is -0.349 e. The molecule has 0 aromatic carbocycles. The van der Waals surface area contributed by atoms with Gasteiger partial charge in [-0.05, 0) is 63.9 Å². The topological polar surface area (TPSA) is 61.4 Å². The number of likely N-dealkylation sites (tertiary alicyclic amines) is 2. The summed E-state index contributed by atoms with van der Waals surface area (Å²) in [5, 5.41) is 6.13. The fourth-order valence-corrected chi connectivity index (χ4v) is 5.25. The van der Waals surface area contributed by atoms with E-state index in [0.29, 0.717) is 12.6 Å². The average Bonchev–Trinajstić information content (AvgIpc) is 3.18. The van der Waals surface area contributed by atoms with Crippen LogP contribution >= 0.6 is 11.3 Å². The summed E-state index contributed by atoms with van der Waals surface area (Å²) < 4.78 is 0. The monoisotopic (exact) mass is 413 g/mol. The van der Waals surface area contributed by atoms with Gasteiger partial charge in [0.25, 0.3) is 0 Å². The second kappa shape index (κ2) is 9.78. The van der Waals surface area contributed by atoms with Gasteiger partial charge in [-0.15, -0.1) is 11.3 Å². The molecule has 2 aliphatic rings. The van der Waals surface area contributed by atoms with Crippen LogP contribution in [0.15, 0.2) is 29.9 Å². The molecular formula is C22H31N5OS. The second-order valence-electron chi connectivity index (χ2n) is 8.30. The van der Waals surface area contributed by atoms with E-state index in [2.05, 4.69) is 31.2 Å². The molecular weight excluding hydrogens is 382 g/mol. The first kappa shape index (κ1) is 20.4. The van der Waals surface area contributed by atoms with Gasteiger partial charge in [0.15, 0.2) is 0 Å². The first-order chi connectivity index (χ1) is 14.2. The molecule has 0 unspecified atom stereocenters.